The van der Waals surface area contributed by atoms with Crippen LogP contribution in [0.25, 0.3) is 0 Å². The average molecular weight is 285 g/mol. The molecule has 2 rings (SSSR count). The minimum atomic E-state index is -0.258. The highest BCUT2D eigenvalue weighted by molar-refractivity contribution is 5.95. The van der Waals surface area contributed by atoms with Crippen molar-refractivity contribution in [3.05, 3.63) is 54.4 Å². The molecule has 0 aliphatic rings. The molecule has 0 bridgehead atoms. The van der Waals surface area contributed by atoms with Crippen molar-refractivity contribution >= 4 is 11.6 Å². The van der Waals surface area contributed by atoms with Gasteiger partial charge in [0, 0.05) is 24.6 Å². The standard InChI is InChI=1S/C16H19N3O2/c1-12(13-3-2-9-18-11-13)16(20)19-14-4-6-15(7-5-14)21-10-8-17/h2-7,9,11-12H,8,10,17H2,1H3,(H,19,20). The normalized spacial score (nSPS) is 11.7. The van der Waals surface area contributed by atoms with Gasteiger partial charge in [0.05, 0.1) is 5.92 Å². The summed E-state index contributed by atoms with van der Waals surface area (Å²) in [6.07, 6.45) is 3.39. The first-order valence-corrected chi connectivity index (χ1v) is 6.84. The van der Waals surface area contributed by atoms with E-state index in [0.717, 1.165) is 17.0 Å². The molecule has 1 aromatic carbocycles. The van der Waals surface area contributed by atoms with Gasteiger partial charge in [-0.15, -0.1) is 0 Å². The van der Waals surface area contributed by atoms with Crippen molar-refractivity contribution in [2.75, 3.05) is 18.5 Å². The molecule has 21 heavy (non-hydrogen) atoms. The topological polar surface area (TPSA) is 77.2 Å². The van der Waals surface area contributed by atoms with Crippen LogP contribution in [0.3, 0.4) is 0 Å². The average Bonchev–Trinajstić information content (AvgIpc) is 2.54. The van der Waals surface area contributed by atoms with Crippen molar-refractivity contribution in [2.45, 2.75) is 12.8 Å². The third kappa shape index (κ3) is 4.29. The molecular formula is C16H19N3O2. The van der Waals surface area contributed by atoms with Crippen LogP contribution >= 0.6 is 0 Å². The lowest BCUT2D eigenvalue weighted by Gasteiger charge is -2.12. The van der Waals surface area contributed by atoms with E-state index in [0.29, 0.717) is 13.2 Å². The van der Waals surface area contributed by atoms with Crippen LogP contribution in [0.1, 0.15) is 18.4 Å². The maximum Gasteiger partial charge on any atom is 0.231 e. The molecule has 2 aromatic rings. The van der Waals surface area contributed by atoms with E-state index in [-0.39, 0.29) is 11.8 Å². The van der Waals surface area contributed by atoms with Crippen molar-refractivity contribution < 1.29 is 9.53 Å². The Morgan fingerprint density at radius 3 is 2.71 bits per heavy atom. The largest absolute Gasteiger partial charge is 0.492 e. The zero-order chi connectivity index (χ0) is 15.1. The van der Waals surface area contributed by atoms with Gasteiger partial charge in [-0.05, 0) is 42.8 Å². The van der Waals surface area contributed by atoms with Gasteiger partial charge in [0.2, 0.25) is 5.91 Å². The van der Waals surface area contributed by atoms with Gasteiger partial charge < -0.3 is 15.8 Å². The molecule has 0 saturated heterocycles. The van der Waals surface area contributed by atoms with Crippen molar-refractivity contribution in [3.63, 3.8) is 0 Å². The number of hydrogen-bond acceptors (Lipinski definition) is 4. The highest BCUT2D eigenvalue weighted by atomic mass is 16.5. The molecule has 1 heterocycles. The molecule has 1 unspecified atom stereocenters. The number of nitrogens with two attached hydrogens (primary N) is 1. The minimum absolute atomic E-state index is 0.0707. The van der Waals surface area contributed by atoms with Gasteiger partial charge in [0.25, 0.3) is 0 Å². The molecule has 0 fully saturated rings. The minimum Gasteiger partial charge on any atom is -0.492 e. The molecule has 5 heteroatoms. The number of ether oxygens (including phenoxy) is 1. The van der Waals surface area contributed by atoms with Crippen molar-refractivity contribution in [2.24, 2.45) is 5.73 Å². The monoisotopic (exact) mass is 285 g/mol. The number of rotatable bonds is 6. The zero-order valence-electron chi connectivity index (χ0n) is 12.0. The molecule has 5 nitrogen and oxygen atoms in total. The first-order valence-electron chi connectivity index (χ1n) is 6.84. The van der Waals surface area contributed by atoms with Crippen LogP contribution in [0.5, 0.6) is 5.75 Å². The van der Waals surface area contributed by atoms with Crippen molar-refractivity contribution in [3.8, 4) is 5.75 Å². The van der Waals surface area contributed by atoms with Crippen molar-refractivity contribution in [1.82, 2.24) is 4.98 Å². The maximum absolute atomic E-state index is 12.2. The number of hydrogen-bond donors (Lipinski definition) is 2. The molecule has 0 saturated carbocycles. The number of benzene rings is 1. The van der Waals surface area contributed by atoms with E-state index in [1.165, 1.54) is 0 Å². The maximum atomic E-state index is 12.2. The van der Waals surface area contributed by atoms with Crippen LogP contribution in [-0.2, 0) is 4.79 Å². The number of carbonyl (C=O) groups excluding carboxylic acids is 1. The molecule has 1 atom stereocenters. The van der Waals surface area contributed by atoms with Crippen LogP contribution in [0.15, 0.2) is 48.8 Å². The van der Waals surface area contributed by atoms with E-state index in [9.17, 15) is 4.79 Å². The Balaban J connectivity index is 1.96. The second-order valence-electron chi connectivity index (χ2n) is 4.66. The Morgan fingerprint density at radius 1 is 1.33 bits per heavy atom. The molecule has 3 N–H and O–H groups in total. The van der Waals surface area contributed by atoms with Gasteiger partial charge in [-0.1, -0.05) is 6.07 Å². The number of nitrogens with zero attached hydrogens (tertiary/aromatic N) is 1. The predicted molar refractivity (Wildman–Crippen MR) is 82.3 cm³/mol. The van der Waals surface area contributed by atoms with Gasteiger partial charge in [0.1, 0.15) is 12.4 Å². The Labute approximate surface area is 124 Å². The summed E-state index contributed by atoms with van der Waals surface area (Å²) in [6.45, 7) is 2.80. The quantitative estimate of drug-likeness (QED) is 0.852. The first kappa shape index (κ1) is 15.0. The van der Waals surface area contributed by atoms with Crippen LogP contribution in [0, 0.1) is 0 Å². The van der Waals surface area contributed by atoms with Crippen LogP contribution < -0.4 is 15.8 Å². The second-order valence-corrected chi connectivity index (χ2v) is 4.66. The van der Waals surface area contributed by atoms with E-state index >= 15 is 0 Å². The molecule has 0 radical (unpaired) electrons. The molecular weight excluding hydrogens is 266 g/mol. The summed E-state index contributed by atoms with van der Waals surface area (Å²) in [6, 6.07) is 10.9. The van der Waals surface area contributed by atoms with Crippen LogP contribution in [0.2, 0.25) is 0 Å². The molecule has 1 amide bonds. The van der Waals surface area contributed by atoms with Gasteiger partial charge in [-0.2, -0.15) is 0 Å². The fourth-order valence-corrected chi connectivity index (χ4v) is 1.85. The van der Waals surface area contributed by atoms with Crippen LogP contribution in [-0.4, -0.2) is 24.0 Å². The third-order valence-electron chi connectivity index (χ3n) is 3.09. The predicted octanol–water partition coefficient (Wildman–Crippen LogP) is 2.16. The van der Waals surface area contributed by atoms with Crippen LogP contribution in [0.4, 0.5) is 5.69 Å². The Morgan fingerprint density at radius 2 is 2.10 bits per heavy atom. The lowest BCUT2D eigenvalue weighted by Crippen LogP contribution is -2.18. The van der Waals surface area contributed by atoms with E-state index in [1.54, 1.807) is 36.7 Å². The summed E-state index contributed by atoms with van der Waals surface area (Å²) in [5.74, 6) is 0.407. The highest BCUT2D eigenvalue weighted by Crippen LogP contribution is 2.19. The Bertz CT molecular complexity index is 570. The number of aromatic nitrogens is 1. The second kappa shape index (κ2) is 7.40. The zero-order valence-corrected chi connectivity index (χ0v) is 12.0. The molecule has 0 aliphatic carbocycles. The lowest BCUT2D eigenvalue weighted by molar-refractivity contribution is -0.117. The summed E-state index contributed by atoms with van der Waals surface area (Å²) < 4.78 is 5.39. The molecule has 0 aliphatic heterocycles. The summed E-state index contributed by atoms with van der Waals surface area (Å²) in [7, 11) is 0. The van der Waals surface area contributed by atoms with E-state index < -0.39 is 0 Å². The third-order valence-corrected chi connectivity index (χ3v) is 3.09. The number of pyridine rings is 1. The number of amides is 1. The fourth-order valence-electron chi connectivity index (χ4n) is 1.85. The SMILES string of the molecule is CC(C(=O)Nc1ccc(OCCN)cc1)c1cccnc1. The molecule has 0 spiro atoms. The van der Waals surface area contributed by atoms with Gasteiger partial charge in [-0.25, -0.2) is 0 Å². The number of nitrogens with one attached hydrogen (secondary N) is 1. The van der Waals surface area contributed by atoms with E-state index in [1.807, 2.05) is 19.1 Å². The van der Waals surface area contributed by atoms with E-state index in [4.69, 9.17) is 10.5 Å². The Kier molecular flexibility index (Phi) is 5.29. The van der Waals surface area contributed by atoms with Gasteiger partial charge >= 0.3 is 0 Å². The number of anilines is 1. The fraction of sp³-hybridized carbons (Fsp3) is 0.250. The summed E-state index contributed by atoms with van der Waals surface area (Å²) in [5.41, 5.74) is 6.99. The summed E-state index contributed by atoms with van der Waals surface area (Å²) >= 11 is 0. The molecule has 1 aromatic heterocycles. The van der Waals surface area contributed by atoms with Gasteiger partial charge in [-0.3, -0.25) is 9.78 Å². The van der Waals surface area contributed by atoms with Gasteiger partial charge in [0.15, 0.2) is 0 Å². The summed E-state index contributed by atoms with van der Waals surface area (Å²) in [4.78, 5) is 16.2. The smallest absolute Gasteiger partial charge is 0.231 e. The van der Waals surface area contributed by atoms with E-state index in [2.05, 4.69) is 10.3 Å². The highest BCUT2D eigenvalue weighted by Gasteiger charge is 2.15. The lowest BCUT2D eigenvalue weighted by atomic mass is 10.0. The first-order chi connectivity index (χ1) is 10.2. The summed E-state index contributed by atoms with van der Waals surface area (Å²) in [5, 5.41) is 2.88. The number of carbonyl (C=O) groups is 1. The molecule has 110 valence electrons. The Hall–Kier alpha value is -2.40. The van der Waals surface area contributed by atoms with Crippen molar-refractivity contribution in [1.29, 1.82) is 0 Å².